The average Bonchev–Trinajstić information content (AvgIpc) is 3.00. The molecule has 2 fully saturated rings. The summed E-state index contributed by atoms with van der Waals surface area (Å²) >= 11 is 0. The van der Waals surface area contributed by atoms with Gasteiger partial charge in [-0.15, -0.1) is 0 Å². The monoisotopic (exact) mass is 225 g/mol. The van der Waals surface area contributed by atoms with Crippen LogP contribution in [-0.2, 0) is 4.74 Å². The van der Waals surface area contributed by atoms with Crippen molar-refractivity contribution >= 4 is 0 Å². The summed E-state index contributed by atoms with van der Waals surface area (Å²) in [5.74, 6) is 0.899. The molecule has 0 bridgehead atoms. The quantitative estimate of drug-likeness (QED) is 0.719. The van der Waals surface area contributed by atoms with Crippen molar-refractivity contribution < 1.29 is 4.74 Å². The Bertz CT molecular complexity index is 207. The first-order chi connectivity index (χ1) is 7.82. The second-order valence-corrected chi connectivity index (χ2v) is 5.47. The third-order valence-corrected chi connectivity index (χ3v) is 4.16. The predicted octanol–water partition coefficient (Wildman–Crippen LogP) is 3.11. The maximum Gasteiger partial charge on any atom is 0.0837 e. The molecule has 2 aliphatic carbocycles. The van der Waals surface area contributed by atoms with E-state index in [0.717, 1.165) is 19.1 Å². The summed E-state index contributed by atoms with van der Waals surface area (Å²) in [4.78, 5) is 0. The van der Waals surface area contributed by atoms with Gasteiger partial charge in [0, 0.05) is 12.6 Å². The number of rotatable bonds is 7. The Kier molecular flexibility index (Phi) is 4.26. The first-order valence-corrected chi connectivity index (χ1v) is 7.19. The smallest absolute Gasteiger partial charge is 0.0837 e. The zero-order chi connectivity index (χ0) is 11.4. The van der Waals surface area contributed by atoms with E-state index in [4.69, 9.17) is 4.74 Å². The lowest BCUT2D eigenvalue weighted by atomic mass is 9.88. The summed E-state index contributed by atoms with van der Waals surface area (Å²) in [5.41, 5.74) is 0.186. The van der Waals surface area contributed by atoms with Crippen LogP contribution in [-0.4, -0.2) is 24.8 Å². The maximum absolute atomic E-state index is 6.19. The van der Waals surface area contributed by atoms with Crippen LogP contribution in [0.1, 0.15) is 58.8 Å². The van der Waals surface area contributed by atoms with Gasteiger partial charge in [-0.25, -0.2) is 0 Å². The minimum Gasteiger partial charge on any atom is -0.374 e. The lowest BCUT2D eigenvalue weighted by Gasteiger charge is -2.38. The van der Waals surface area contributed by atoms with Gasteiger partial charge in [0.1, 0.15) is 0 Å². The van der Waals surface area contributed by atoms with Crippen molar-refractivity contribution in [2.24, 2.45) is 5.92 Å². The second-order valence-electron chi connectivity index (χ2n) is 5.47. The van der Waals surface area contributed by atoms with Crippen LogP contribution >= 0.6 is 0 Å². The molecule has 0 saturated heterocycles. The highest BCUT2D eigenvalue weighted by Crippen LogP contribution is 2.45. The van der Waals surface area contributed by atoms with Crippen molar-refractivity contribution in [1.82, 2.24) is 5.32 Å². The van der Waals surface area contributed by atoms with Crippen molar-refractivity contribution in [3.63, 3.8) is 0 Å². The molecule has 2 aliphatic rings. The van der Waals surface area contributed by atoms with Gasteiger partial charge in [0.15, 0.2) is 0 Å². The minimum atomic E-state index is 0.186. The molecule has 0 radical (unpaired) electrons. The lowest BCUT2D eigenvalue weighted by Crippen LogP contribution is -2.52. The molecule has 94 valence electrons. The van der Waals surface area contributed by atoms with Crippen molar-refractivity contribution in [3.05, 3.63) is 0 Å². The molecule has 1 N–H and O–H groups in total. The molecule has 2 nitrogen and oxygen atoms in total. The van der Waals surface area contributed by atoms with Gasteiger partial charge in [0.05, 0.1) is 5.60 Å². The number of nitrogens with one attached hydrogen (secondary N) is 1. The second kappa shape index (κ2) is 5.50. The molecular weight excluding hydrogens is 198 g/mol. The van der Waals surface area contributed by atoms with Crippen LogP contribution in [0.15, 0.2) is 0 Å². The highest BCUT2D eigenvalue weighted by molar-refractivity contribution is 5.03. The van der Waals surface area contributed by atoms with Crippen LogP contribution in [0.5, 0.6) is 0 Å². The normalized spacial score (nSPS) is 25.9. The van der Waals surface area contributed by atoms with E-state index in [2.05, 4.69) is 19.2 Å². The third-order valence-electron chi connectivity index (χ3n) is 4.16. The summed E-state index contributed by atoms with van der Waals surface area (Å²) in [6, 6.07) is 0.634. The Morgan fingerprint density at radius 1 is 1.25 bits per heavy atom. The fourth-order valence-corrected chi connectivity index (χ4v) is 3.32. The number of hydrogen-bond acceptors (Lipinski definition) is 2. The summed E-state index contributed by atoms with van der Waals surface area (Å²) in [6.07, 6.45) is 9.32. The summed E-state index contributed by atoms with van der Waals surface area (Å²) in [5, 5.41) is 3.77. The van der Waals surface area contributed by atoms with E-state index < -0.39 is 0 Å². The number of hydrogen-bond donors (Lipinski definition) is 1. The molecule has 2 saturated carbocycles. The van der Waals surface area contributed by atoms with Crippen LogP contribution in [0, 0.1) is 5.92 Å². The Labute approximate surface area is 100 Å². The van der Waals surface area contributed by atoms with Gasteiger partial charge in [0.25, 0.3) is 0 Å². The first kappa shape index (κ1) is 12.4. The molecule has 0 aliphatic heterocycles. The standard InChI is InChI=1S/C14H27NO/c1-3-11-15-13(12-7-8-12)14(16-4-2)9-5-6-10-14/h12-13,15H,3-11H2,1-2H3. The summed E-state index contributed by atoms with van der Waals surface area (Å²) in [7, 11) is 0. The van der Waals surface area contributed by atoms with E-state index in [1.54, 1.807) is 0 Å². The van der Waals surface area contributed by atoms with Crippen LogP contribution in [0.25, 0.3) is 0 Å². The molecule has 2 rings (SSSR count). The average molecular weight is 225 g/mol. The van der Waals surface area contributed by atoms with Gasteiger partial charge in [-0.3, -0.25) is 0 Å². The van der Waals surface area contributed by atoms with E-state index in [9.17, 15) is 0 Å². The molecule has 1 atom stereocenters. The Hall–Kier alpha value is -0.0800. The van der Waals surface area contributed by atoms with Gasteiger partial charge in [-0.2, -0.15) is 0 Å². The van der Waals surface area contributed by atoms with Crippen molar-refractivity contribution in [2.45, 2.75) is 70.4 Å². The summed E-state index contributed by atoms with van der Waals surface area (Å²) < 4.78 is 6.19. The first-order valence-electron chi connectivity index (χ1n) is 7.19. The van der Waals surface area contributed by atoms with Gasteiger partial charge in [-0.1, -0.05) is 19.8 Å². The van der Waals surface area contributed by atoms with Crippen LogP contribution < -0.4 is 5.32 Å². The van der Waals surface area contributed by atoms with Gasteiger partial charge in [0.2, 0.25) is 0 Å². The number of ether oxygens (including phenoxy) is 1. The van der Waals surface area contributed by atoms with E-state index in [-0.39, 0.29) is 5.60 Å². The van der Waals surface area contributed by atoms with Gasteiger partial charge < -0.3 is 10.1 Å². The van der Waals surface area contributed by atoms with Crippen molar-refractivity contribution in [2.75, 3.05) is 13.2 Å². The zero-order valence-corrected chi connectivity index (χ0v) is 10.9. The fourth-order valence-electron chi connectivity index (χ4n) is 3.32. The Morgan fingerprint density at radius 2 is 1.94 bits per heavy atom. The van der Waals surface area contributed by atoms with E-state index >= 15 is 0 Å². The molecule has 0 aromatic heterocycles. The maximum atomic E-state index is 6.19. The van der Waals surface area contributed by atoms with Crippen LogP contribution in [0.3, 0.4) is 0 Å². The van der Waals surface area contributed by atoms with Gasteiger partial charge in [-0.05, 0) is 51.5 Å². The predicted molar refractivity (Wildman–Crippen MR) is 67.6 cm³/mol. The fraction of sp³-hybridized carbons (Fsp3) is 1.00. The van der Waals surface area contributed by atoms with Gasteiger partial charge >= 0.3 is 0 Å². The SMILES string of the molecule is CCCNC(C1CC1)C1(OCC)CCCC1. The highest BCUT2D eigenvalue weighted by Gasteiger charge is 2.48. The Balaban J connectivity index is 2.01. The van der Waals surface area contributed by atoms with E-state index in [1.165, 1.54) is 44.9 Å². The molecule has 0 heterocycles. The lowest BCUT2D eigenvalue weighted by molar-refractivity contribution is -0.0665. The molecule has 0 aromatic rings. The Morgan fingerprint density at radius 3 is 2.44 bits per heavy atom. The highest BCUT2D eigenvalue weighted by atomic mass is 16.5. The minimum absolute atomic E-state index is 0.186. The van der Waals surface area contributed by atoms with Crippen molar-refractivity contribution in [1.29, 1.82) is 0 Å². The van der Waals surface area contributed by atoms with Crippen molar-refractivity contribution in [3.8, 4) is 0 Å². The third kappa shape index (κ3) is 2.60. The van der Waals surface area contributed by atoms with Crippen LogP contribution in [0.4, 0.5) is 0 Å². The van der Waals surface area contributed by atoms with E-state index in [0.29, 0.717) is 6.04 Å². The topological polar surface area (TPSA) is 21.3 Å². The summed E-state index contributed by atoms with van der Waals surface area (Å²) in [6.45, 7) is 6.41. The molecule has 2 heteroatoms. The van der Waals surface area contributed by atoms with Crippen LogP contribution in [0.2, 0.25) is 0 Å². The molecule has 16 heavy (non-hydrogen) atoms. The molecule has 0 aromatic carbocycles. The zero-order valence-electron chi connectivity index (χ0n) is 10.9. The largest absolute Gasteiger partial charge is 0.374 e. The molecule has 0 amide bonds. The van der Waals surface area contributed by atoms with E-state index in [1.807, 2.05) is 0 Å². The molecular formula is C14H27NO. The molecule has 0 spiro atoms. The molecule has 1 unspecified atom stereocenters.